The van der Waals surface area contributed by atoms with Gasteiger partial charge in [0.2, 0.25) is 0 Å². The maximum atomic E-state index is 13.2. The average molecular weight is 335 g/mol. The lowest BCUT2D eigenvalue weighted by atomic mass is 10.0. The second-order valence-electron chi connectivity index (χ2n) is 5.50. The number of aromatic nitrogens is 1. The molecule has 3 N–H and O–H groups in total. The Labute approximate surface area is 138 Å². The topological polar surface area (TPSA) is 74.2 Å². The Bertz CT molecular complexity index is 725. The lowest BCUT2D eigenvalue weighted by Crippen LogP contribution is -2.43. The molecule has 1 aromatic carbocycles. The molecular weight excluding hydrogens is 316 g/mol. The van der Waals surface area contributed by atoms with Crippen LogP contribution in [0.2, 0.25) is 0 Å². The molecule has 24 heavy (non-hydrogen) atoms. The van der Waals surface area contributed by atoms with E-state index in [0.29, 0.717) is 0 Å². The fraction of sp³-hybridized carbons (Fsp3) is 0.294. The number of aliphatic hydroxyl groups is 1. The summed E-state index contributed by atoms with van der Waals surface area (Å²) in [6.07, 6.45) is 0.472. The zero-order chi connectivity index (χ0) is 17.7. The van der Waals surface area contributed by atoms with Crippen molar-refractivity contribution in [1.29, 1.82) is 0 Å². The molecule has 2 unspecified atom stereocenters. The average Bonchev–Trinajstić information content (AvgIpc) is 2.56. The van der Waals surface area contributed by atoms with Crippen LogP contribution in [0.15, 0.2) is 36.5 Å². The SMILES string of the molecule is Cc1cccnc1CNC(=O)NC(C)C(O)c1ccc(F)c(F)c1. The van der Waals surface area contributed by atoms with Gasteiger partial charge in [-0.3, -0.25) is 4.98 Å². The first kappa shape index (κ1) is 17.8. The van der Waals surface area contributed by atoms with Crippen LogP contribution < -0.4 is 10.6 Å². The molecule has 0 fully saturated rings. The molecule has 128 valence electrons. The molecule has 2 atom stereocenters. The van der Waals surface area contributed by atoms with Gasteiger partial charge in [0, 0.05) is 6.20 Å². The lowest BCUT2D eigenvalue weighted by Gasteiger charge is -2.21. The largest absolute Gasteiger partial charge is 0.386 e. The number of aryl methyl sites for hydroxylation is 1. The Morgan fingerprint density at radius 3 is 2.71 bits per heavy atom. The summed E-state index contributed by atoms with van der Waals surface area (Å²) in [6.45, 7) is 3.70. The van der Waals surface area contributed by atoms with Gasteiger partial charge in [0.25, 0.3) is 0 Å². The minimum absolute atomic E-state index is 0.183. The van der Waals surface area contributed by atoms with Gasteiger partial charge in [-0.2, -0.15) is 0 Å². The first-order chi connectivity index (χ1) is 11.4. The van der Waals surface area contributed by atoms with E-state index in [4.69, 9.17) is 0 Å². The van der Waals surface area contributed by atoms with E-state index in [9.17, 15) is 18.7 Å². The van der Waals surface area contributed by atoms with Gasteiger partial charge in [0.05, 0.1) is 24.4 Å². The number of halogens is 2. The number of nitrogens with one attached hydrogen (secondary N) is 2. The number of hydrogen-bond acceptors (Lipinski definition) is 3. The number of benzene rings is 1. The first-order valence-corrected chi connectivity index (χ1v) is 7.46. The zero-order valence-corrected chi connectivity index (χ0v) is 13.4. The minimum Gasteiger partial charge on any atom is -0.386 e. The summed E-state index contributed by atoms with van der Waals surface area (Å²) in [4.78, 5) is 16.1. The Morgan fingerprint density at radius 2 is 2.04 bits per heavy atom. The third-order valence-electron chi connectivity index (χ3n) is 3.65. The Hall–Kier alpha value is -2.54. The number of amides is 2. The summed E-state index contributed by atoms with van der Waals surface area (Å²) in [5.74, 6) is -2.04. The number of hydrogen-bond donors (Lipinski definition) is 3. The van der Waals surface area contributed by atoms with Gasteiger partial charge in [0.15, 0.2) is 11.6 Å². The molecule has 0 aliphatic carbocycles. The van der Waals surface area contributed by atoms with Crippen molar-refractivity contribution < 1.29 is 18.7 Å². The van der Waals surface area contributed by atoms with Crippen molar-refractivity contribution in [2.75, 3.05) is 0 Å². The highest BCUT2D eigenvalue weighted by molar-refractivity contribution is 5.74. The zero-order valence-electron chi connectivity index (χ0n) is 13.4. The minimum atomic E-state index is -1.16. The molecule has 1 heterocycles. The highest BCUT2D eigenvalue weighted by Crippen LogP contribution is 2.19. The lowest BCUT2D eigenvalue weighted by molar-refractivity contribution is 0.137. The van der Waals surface area contributed by atoms with Gasteiger partial charge in [-0.05, 0) is 43.2 Å². The molecule has 2 rings (SSSR count). The number of carbonyl (C=O) groups is 1. The van der Waals surface area contributed by atoms with Crippen molar-refractivity contribution in [3.05, 3.63) is 65.0 Å². The monoisotopic (exact) mass is 335 g/mol. The van der Waals surface area contributed by atoms with Crippen molar-refractivity contribution in [2.24, 2.45) is 0 Å². The molecule has 0 saturated carbocycles. The van der Waals surface area contributed by atoms with Crippen molar-refractivity contribution in [3.63, 3.8) is 0 Å². The molecular formula is C17H19F2N3O2. The molecule has 1 aromatic heterocycles. The summed E-state index contributed by atoms with van der Waals surface area (Å²) in [5.41, 5.74) is 1.87. The van der Waals surface area contributed by atoms with Crippen LogP contribution in [0, 0.1) is 18.6 Å². The van der Waals surface area contributed by atoms with E-state index in [0.717, 1.165) is 23.4 Å². The third kappa shape index (κ3) is 4.48. The van der Waals surface area contributed by atoms with Crippen molar-refractivity contribution in [3.8, 4) is 0 Å². The predicted octanol–water partition coefficient (Wildman–Crippen LogP) is 2.59. The van der Waals surface area contributed by atoms with Crippen LogP contribution >= 0.6 is 0 Å². The molecule has 2 aromatic rings. The van der Waals surface area contributed by atoms with E-state index >= 15 is 0 Å². The quantitative estimate of drug-likeness (QED) is 0.786. The highest BCUT2D eigenvalue weighted by atomic mass is 19.2. The maximum Gasteiger partial charge on any atom is 0.315 e. The fourth-order valence-corrected chi connectivity index (χ4v) is 2.19. The van der Waals surface area contributed by atoms with Gasteiger partial charge in [0.1, 0.15) is 0 Å². The summed E-state index contributed by atoms with van der Waals surface area (Å²) in [5, 5.41) is 15.3. The normalized spacial score (nSPS) is 13.2. The second-order valence-corrected chi connectivity index (χ2v) is 5.50. The molecule has 0 aliphatic rings. The first-order valence-electron chi connectivity index (χ1n) is 7.46. The summed E-state index contributed by atoms with van der Waals surface area (Å²) in [6, 6.07) is 5.62. The van der Waals surface area contributed by atoms with Crippen molar-refractivity contribution >= 4 is 6.03 Å². The van der Waals surface area contributed by atoms with E-state index in [-0.39, 0.29) is 12.1 Å². The number of nitrogens with zero attached hydrogens (tertiary/aromatic N) is 1. The molecule has 0 aliphatic heterocycles. The van der Waals surface area contributed by atoms with Gasteiger partial charge < -0.3 is 15.7 Å². The van der Waals surface area contributed by atoms with Gasteiger partial charge in [-0.25, -0.2) is 13.6 Å². The van der Waals surface area contributed by atoms with E-state index in [1.807, 2.05) is 13.0 Å². The molecule has 0 bridgehead atoms. The van der Waals surface area contributed by atoms with Crippen molar-refractivity contribution in [2.45, 2.75) is 32.5 Å². The van der Waals surface area contributed by atoms with Crippen molar-refractivity contribution in [1.82, 2.24) is 15.6 Å². The third-order valence-corrected chi connectivity index (χ3v) is 3.65. The van der Waals surface area contributed by atoms with Crippen LogP contribution in [0.25, 0.3) is 0 Å². The van der Waals surface area contributed by atoms with Crippen LogP contribution in [0.5, 0.6) is 0 Å². The van der Waals surface area contributed by atoms with Crippen LogP contribution in [0.4, 0.5) is 13.6 Å². The van der Waals surface area contributed by atoms with Crippen LogP contribution in [-0.2, 0) is 6.54 Å². The highest BCUT2D eigenvalue weighted by Gasteiger charge is 2.19. The summed E-state index contributed by atoms with van der Waals surface area (Å²) < 4.78 is 26.1. The number of rotatable bonds is 5. The maximum absolute atomic E-state index is 13.2. The van der Waals surface area contributed by atoms with Crippen LogP contribution in [-0.4, -0.2) is 22.2 Å². The predicted molar refractivity (Wildman–Crippen MR) is 85.1 cm³/mol. The fourth-order valence-electron chi connectivity index (χ4n) is 2.19. The summed E-state index contributed by atoms with van der Waals surface area (Å²) in [7, 11) is 0. The Morgan fingerprint density at radius 1 is 1.29 bits per heavy atom. The molecule has 2 amide bonds. The van der Waals surface area contributed by atoms with Gasteiger partial charge >= 0.3 is 6.03 Å². The summed E-state index contributed by atoms with van der Waals surface area (Å²) >= 11 is 0. The molecule has 0 saturated heterocycles. The number of urea groups is 1. The van der Waals surface area contributed by atoms with Crippen LogP contribution in [0.3, 0.4) is 0 Å². The molecule has 5 nitrogen and oxygen atoms in total. The van der Waals surface area contributed by atoms with E-state index in [2.05, 4.69) is 15.6 Å². The van der Waals surface area contributed by atoms with E-state index < -0.39 is 29.8 Å². The van der Waals surface area contributed by atoms with Crippen LogP contribution in [0.1, 0.15) is 29.8 Å². The van der Waals surface area contributed by atoms with E-state index in [1.54, 1.807) is 19.2 Å². The number of carbonyl (C=O) groups excluding carboxylic acids is 1. The number of aliphatic hydroxyl groups excluding tert-OH is 1. The molecule has 7 heteroatoms. The smallest absolute Gasteiger partial charge is 0.315 e. The van der Waals surface area contributed by atoms with Gasteiger partial charge in [-0.1, -0.05) is 12.1 Å². The number of pyridine rings is 1. The van der Waals surface area contributed by atoms with Gasteiger partial charge in [-0.15, -0.1) is 0 Å². The standard InChI is InChI=1S/C17H19F2N3O2/c1-10-4-3-7-20-15(10)9-21-17(24)22-11(2)16(23)12-5-6-13(18)14(19)8-12/h3-8,11,16,23H,9H2,1-2H3,(H2,21,22,24). The molecule has 0 radical (unpaired) electrons. The Kier molecular flexibility index (Phi) is 5.81. The van der Waals surface area contributed by atoms with E-state index in [1.165, 1.54) is 6.07 Å². The second kappa shape index (κ2) is 7.83. The Balaban J connectivity index is 1.90. The molecule has 0 spiro atoms.